The largest absolute Gasteiger partial charge is 0.416 e. The molecule has 1 unspecified atom stereocenters. The first-order valence-corrected chi connectivity index (χ1v) is 9.63. The number of nitrogens with one attached hydrogen (secondary N) is 1. The zero-order valence-corrected chi connectivity index (χ0v) is 16.3. The number of hydrogen-bond acceptors (Lipinski definition) is 2. The first-order chi connectivity index (χ1) is 12.9. The highest BCUT2D eigenvalue weighted by atomic mass is 19.4. The molecule has 0 saturated carbocycles. The van der Waals surface area contributed by atoms with Crippen molar-refractivity contribution in [2.24, 2.45) is 0 Å². The molecule has 0 aliphatic carbocycles. The summed E-state index contributed by atoms with van der Waals surface area (Å²) in [5.74, 6) is 0. The van der Waals surface area contributed by atoms with Crippen molar-refractivity contribution in [1.82, 2.24) is 10.2 Å². The lowest BCUT2D eigenvalue weighted by atomic mass is 10.0. The Balaban J connectivity index is 2.02. The lowest BCUT2D eigenvalue weighted by Gasteiger charge is -2.30. The molecule has 0 saturated heterocycles. The molecule has 0 fully saturated rings. The van der Waals surface area contributed by atoms with Crippen LogP contribution in [0.2, 0.25) is 0 Å². The summed E-state index contributed by atoms with van der Waals surface area (Å²) in [4.78, 5) is 2.42. The molecule has 2 aromatic carbocycles. The van der Waals surface area contributed by atoms with Crippen LogP contribution in [-0.2, 0) is 12.7 Å². The van der Waals surface area contributed by atoms with E-state index in [1.54, 1.807) is 0 Å². The van der Waals surface area contributed by atoms with E-state index in [2.05, 4.69) is 31.0 Å². The number of alkyl halides is 3. The predicted molar refractivity (Wildman–Crippen MR) is 105 cm³/mol. The normalized spacial score (nSPS) is 13.1. The molecule has 5 heteroatoms. The molecule has 0 aliphatic heterocycles. The van der Waals surface area contributed by atoms with Gasteiger partial charge in [-0.05, 0) is 48.3 Å². The Kier molecular flexibility index (Phi) is 7.87. The van der Waals surface area contributed by atoms with Crippen LogP contribution in [0.25, 0.3) is 11.1 Å². The molecule has 0 heterocycles. The molecule has 2 rings (SSSR count). The summed E-state index contributed by atoms with van der Waals surface area (Å²) >= 11 is 0. The van der Waals surface area contributed by atoms with Crippen LogP contribution in [-0.4, -0.2) is 24.2 Å². The Morgan fingerprint density at radius 1 is 0.852 bits per heavy atom. The second kappa shape index (κ2) is 9.90. The Bertz CT molecular complexity index is 674. The van der Waals surface area contributed by atoms with E-state index in [9.17, 15) is 13.2 Å². The summed E-state index contributed by atoms with van der Waals surface area (Å²) in [6.45, 7) is 9.34. The number of hydrogen-bond donors (Lipinski definition) is 1. The Hall–Kier alpha value is -1.85. The molecule has 1 atom stereocenters. The average Bonchev–Trinajstić information content (AvgIpc) is 2.67. The molecule has 2 aromatic rings. The Labute approximate surface area is 160 Å². The molecule has 1 N–H and O–H groups in total. The van der Waals surface area contributed by atoms with Gasteiger partial charge in [0.2, 0.25) is 0 Å². The third-order valence-corrected chi connectivity index (χ3v) is 4.86. The monoisotopic (exact) mass is 378 g/mol. The second-order valence-corrected chi connectivity index (χ2v) is 6.68. The molecule has 0 radical (unpaired) electrons. The van der Waals surface area contributed by atoms with Gasteiger partial charge in [-0.25, -0.2) is 0 Å². The van der Waals surface area contributed by atoms with Gasteiger partial charge in [-0.1, -0.05) is 63.6 Å². The lowest BCUT2D eigenvalue weighted by Crippen LogP contribution is -2.45. The summed E-state index contributed by atoms with van der Waals surface area (Å²) < 4.78 is 38.0. The maximum absolute atomic E-state index is 12.7. The van der Waals surface area contributed by atoms with Crippen LogP contribution < -0.4 is 5.32 Å². The smallest absolute Gasteiger partial charge is 0.298 e. The van der Waals surface area contributed by atoms with Crippen molar-refractivity contribution in [3.8, 4) is 11.1 Å². The SMILES string of the molecule is CCCC(NCc1ccc(-c2ccc(C(F)(F)F)cc2)cc1)N(CC)CC. The molecular formula is C22H29F3N2. The standard InChI is InChI=1S/C22H29F3N2/c1-4-7-21(27(5-2)6-3)26-16-17-8-10-18(11-9-17)19-12-14-20(15-13-19)22(23,24)25/h8-15,21,26H,4-7,16H2,1-3H3. The summed E-state index contributed by atoms with van der Waals surface area (Å²) in [6.07, 6.45) is -1.71. The third-order valence-electron chi connectivity index (χ3n) is 4.86. The quantitative estimate of drug-likeness (QED) is 0.544. The van der Waals surface area contributed by atoms with Crippen molar-refractivity contribution >= 4 is 0 Å². The van der Waals surface area contributed by atoms with Gasteiger partial charge in [0.1, 0.15) is 0 Å². The van der Waals surface area contributed by atoms with Crippen LogP contribution >= 0.6 is 0 Å². The predicted octanol–water partition coefficient (Wildman–Crippen LogP) is 5.93. The highest BCUT2D eigenvalue weighted by Crippen LogP contribution is 2.31. The minimum atomic E-state index is -4.30. The zero-order chi connectivity index (χ0) is 19.9. The number of nitrogens with zero attached hydrogens (tertiary/aromatic N) is 1. The molecule has 2 nitrogen and oxygen atoms in total. The second-order valence-electron chi connectivity index (χ2n) is 6.68. The molecule has 0 amide bonds. The summed E-state index contributed by atoms with van der Waals surface area (Å²) in [7, 11) is 0. The van der Waals surface area contributed by atoms with Crippen molar-refractivity contribution in [3.05, 3.63) is 59.7 Å². The van der Waals surface area contributed by atoms with Gasteiger partial charge in [-0.15, -0.1) is 0 Å². The van der Waals surface area contributed by atoms with E-state index in [1.165, 1.54) is 17.7 Å². The van der Waals surface area contributed by atoms with Crippen molar-refractivity contribution in [1.29, 1.82) is 0 Å². The van der Waals surface area contributed by atoms with Gasteiger partial charge in [0.25, 0.3) is 0 Å². The fourth-order valence-electron chi connectivity index (χ4n) is 3.25. The zero-order valence-electron chi connectivity index (χ0n) is 16.3. The third kappa shape index (κ3) is 6.08. The Morgan fingerprint density at radius 3 is 1.81 bits per heavy atom. The van der Waals surface area contributed by atoms with Crippen LogP contribution in [0.3, 0.4) is 0 Å². The summed E-state index contributed by atoms with van der Waals surface area (Å²) in [5.41, 5.74) is 2.25. The fraction of sp³-hybridized carbons (Fsp3) is 0.455. The maximum atomic E-state index is 12.7. The fourth-order valence-corrected chi connectivity index (χ4v) is 3.25. The van der Waals surface area contributed by atoms with Crippen LogP contribution in [0.5, 0.6) is 0 Å². The van der Waals surface area contributed by atoms with E-state index >= 15 is 0 Å². The molecule has 0 bridgehead atoms. The molecule has 0 aliphatic rings. The van der Waals surface area contributed by atoms with Gasteiger partial charge in [0, 0.05) is 6.54 Å². The highest BCUT2D eigenvalue weighted by Gasteiger charge is 2.29. The molecule has 0 aromatic heterocycles. The average molecular weight is 378 g/mol. The van der Waals surface area contributed by atoms with Gasteiger partial charge in [-0.2, -0.15) is 13.2 Å². The van der Waals surface area contributed by atoms with Gasteiger partial charge in [0.15, 0.2) is 0 Å². The topological polar surface area (TPSA) is 15.3 Å². The number of halogens is 3. The maximum Gasteiger partial charge on any atom is 0.416 e. The Morgan fingerprint density at radius 2 is 1.37 bits per heavy atom. The van der Waals surface area contributed by atoms with Crippen LogP contribution in [0.4, 0.5) is 13.2 Å². The van der Waals surface area contributed by atoms with E-state index in [-0.39, 0.29) is 0 Å². The molecular weight excluding hydrogens is 349 g/mol. The first kappa shape index (κ1) is 21.5. The van der Waals surface area contributed by atoms with Crippen LogP contribution in [0, 0.1) is 0 Å². The van der Waals surface area contributed by atoms with E-state index in [0.717, 1.165) is 55.7 Å². The molecule has 27 heavy (non-hydrogen) atoms. The van der Waals surface area contributed by atoms with Gasteiger partial charge < -0.3 is 0 Å². The van der Waals surface area contributed by atoms with Gasteiger partial charge in [0.05, 0.1) is 11.7 Å². The summed E-state index contributed by atoms with van der Waals surface area (Å²) in [5, 5.41) is 3.62. The van der Waals surface area contributed by atoms with Crippen molar-refractivity contribution in [2.75, 3.05) is 13.1 Å². The minimum absolute atomic E-state index is 0.361. The van der Waals surface area contributed by atoms with E-state index in [4.69, 9.17) is 0 Å². The molecule has 0 spiro atoms. The van der Waals surface area contributed by atoms with E-state index < -0.39 is 11.7 Å². The first-order valence-electron chi connectivity index (χ1n) is 9.63. The van der Waals surface area contributed by atoms with E-state index in [0.29, 0.717) is 6.17 Å². The molecule has 148 valence electrons. The van der Waals surface area contributed by atoms with Crippen LogP contribution in [0.1, 0.15) is 44.7 Å². The minimum Gasteiger partial charge on any atom is -0.298 e. The van der Waals surface area contributed by atoms with Gasteiger partial charge in [-0.3, -0.25) is 10.2 Å². The lowest BCUT2D eigenvalue weighted by molar-refractivity contribution is -0.137. The van der Waals surface area contributed by atoms with Crippen molar-refractivity contribution in [3.63, 3.8) is 0 Å². The van der Waals surface area contributed by atoms with Crippen LogP contribution in [0.15, 0.2) is 48.5 Å². The van der Waals surface area contributed by atoms with Crippen molar-refractivity contribution < 1.29 is 13.2 Å². The number of benzene rings is 2. The summed E-state index contributed by atoms with van der Waals surface area (Å²) in [6, 6.07) is 13.3. The van der Waals surface area contributed by atoms with Gasteiger partial charge >= 0.3 is 6.18 Å². The van der Waals surface area contributed by atoms with Crippen molar-refractivity contribution in [2.45, 2.75) is 52.5 Å². The highest BCUT2D eigenvalue weighted by molar-refractivity contribution is 5.64. The van der Waals surface area contributed by atoms with E-state index in [1.807, 2.05) is 24.3 Å². The number of rotatable bonds is 9.